The third kappa shape index (κ3) is 5.18. The molecule has 1 aromatic carbocycles. The molecule has 0 fully saturated rings. The quantitative estimate of drug-likeness (QED) is 0.581. The van der Waals surface area contributed by atoms with Crippen molar-refractivity contribution in [2.75, 3.05) is 6.61 Å². The van der Waals surface area contributed by atoms with Crippen molar-refractivity contribution in [3.63, 3.8) is 0 Å². The molecule has 0 spiro atoms. The molecule has 122 valence electrons. The molecule has 0 aliphatic heterocycles. The molecule has 1 amide bonds. The monoisotopic (exact) mass is 394 g/mol. The smallest absolute Gasteiger partial charge is 0.277 e. The largest absolute Gasteiger partial charge is 0.483 e. The fourth-order valence-corrected chi connectivity index (χ4v) is 3.39. The van der Waals surface area contributed by atoms with Crippen molar-refractivity contribution in [1.82, 2.24) is 5.43 Å². The summed E-state index contributed by atoms with van der Waals surface area (Å²) in [6, 6.07) is 9.86. The number of ether oxygens (including phenoxy) is 1. The Morgan fingerprint density at radius 1 is 1.30 bits per heavy atom. The van der Waals surface area contributed by atoms with Crippen molar-refractivity contribution >= 4 is 38.9 Å². The Hall–Kier alpha value is -1.66. The SMILES string of the molecule is CC/C(=N/NC(=O)COc1cc(C)ccc1C)c1ccc(Br)s1. The minimum atomic E-state index is -0.271. The van der Waals surface area contributed by atoms with Crippen LogP contribution in [0.2, 0.25) is 0 Å². The van der Waals surface area contributed by atoms with Crippen LogP contribution in [0.4, 0.5) is 0 Å². The van der Waals surface area contributed by atoms with Crippen LogP contribution < -0.4 is 10.2 Å². The highest BCUT2D eigenvalue weighted by atomic mass is 79.9. The summed E-state index contributed by atoms with van der Waals surface area (Å²) in [4.78, 5) is 13.0. The van der Waals surface area contributed by atoms with Crippen LogP contribution in [0.1, 0.15) is 29.3 Å². The zero-order valence-corrected chi connectivity index (χ0v) is 15.8. The molecule has 0 saturated carbocycles. The van der Waals surface area contributed by atoms with E-state index in [1.165, 1.54) is 0 Å². The number of rotatable bonds is 6. The molecule has 0 atom stereocenters. The molecule has 0 saturated heterocycles. The summed E-state index contributed by atoms with van der Waals surface area (Å²) in [5.41, 5.74) is 5.51. The third-order valence-corrected chi connectivity index (χ3v) is 4.88. The molecule has 1 aromatic heterocycles. The molecule has 1 heterocycles. The van der Waals surface area contributed by atoms with Gasteiger partial charge >= 0.3 is 0 Å². The van der Waals surface area contributed by atoms with Crippen LogP contribution in [0.15, 0.2) is 39.2 Å². The Kier molecular flexibility index (Phi) is 6.36. The molecule has 2 rings (SSSR count). The molecule has 4 nitrogen and oxygen atoms in total. The van der Waals surface area contributed by atoms with Crippen LogP contribution in [0.3, 0.4) is 0 Å². The van der Waals surface area contributed by atoms with E-state index in [-0.39, 0.29) is 12.5 Å². The van der Waals surface area contributed by atoms with Crippen molar-refractivity contribution in [1.29, 1.82) is 0 Å². The number of hydrogen-bond donors (Lipinski definition) is 1. The van der Waals surface area contributed by atoms with Gasteiger partial charge in [0.25, 0.3) is 5.91 Å². The van der Waals surface area contributed by atoms with Gasteiger partial charge in [-0.2, -0.15) is 5.10 Å². The molecular weight excluding hydrogens is 376 g/mol. The van der Waals surface area contributed by atoms with E-state index in [4.69, 9.17) is 4.74 Å². The number of nitrogens with one attached hydrogen (secondary N) is 1. The maximum absolute atomic E-state index is 11.9. The van der Waals surface area contributed by atoms with Crippen molar-refractivity contribution < 1.29 is 9.53 Å². The van der Waals surface area contributed by atoms with E-state index >= 15 is 0 Å². The number of amides is 1. The Balaban J connectivity index is 1.93. The second-order valence-corrected chi connectivity index (χ2v) is 7.57. The minimum absolute atomic E-state index is 0.0566. The number of hydrazone groups is 1. The van der Waals surface area contributed by atoms with Crippen LogP contribution in [0.5, 0.6) is 5.75 Å². The maximum Gasteiger partial charge on any atom is 0.277 e. The van der Waals surface area contributed by atoms with Gasteiger partial charge in [0, 0.05) is 0 Å². The van der Waals surface area contributed by atoms with E-state index in [1.807, 2.05) is 51.1 Å². The first kappa shape index (κ1) is 17.7. The van der Waals surface area contributed by atoms with Crippen LogP contribution in [0.25, 0.3) is 0 Å². The van der Waals surface area contributed by atoms with Gasteiger partial charge in [-0.15, -0.1) is 11.3 Å². The summed E-state index contributed by atoms with van der Waals surface area (Å²) < 4.78 is 6.61. The molecule has 1 N–H and O–H groups in total. The lowest BCUT2D eigenvalue weighted by molar-refractivity contribution is -0.123. The summed E-state index contributed by atoms with van der Waals surface area (Å²) in [5.74, 6) is 0.453. The van der Waals surface area contributed by atoms with Gasteiger partial charge in [0.1, 0.15) is 5.75 Å². The van der Waals surface area contributed by atoms with Gasteiger partial charge in [-0.3, -0.25) is 4.79 Å². The Morgan fingerprint density at radius 3 is 2.74 bits per heavy atom. The van der Waals surface area contributed by atoms with E-state index in [9.17, 15) is 4.79 Å². The first-order valence-electron chi connectivity index (χ1n) is 7.30. The van der Waals surface area contributed by atoms with Gasteiger partial charge < -0.3 is 4.74 Å². The van der Waals surface area contributed by atoms with Crippen molar-refractivity contribution in [3.8, 4) is 5.75 Å². The fourth-order valence-electron chi connectivity index (χ4n) is 1.95. The van der Waals surface area contributed by atoms with Crippen molar-refractivity contribution in [2.45, 2.75) is 27.2 Å². The van der Waals surface area contributed by atoms with E-state index in [2.05, 4.69) is 26.5 Å². The Morgan fingerprint density at radius 2 is 2.09 bits per heavy atom. The highest BCUT2D eigenvalue weighted by Gasteiger charge is 2.08. The number of thiophene rings is 1. The Labute approximate surface area is 148 Å². The lowest BCUT2D eigenvalue weighted by Crippen LogP contribution is -2.26. The van der Waals surface area contributed by atoms with Crippen LogP contribution in [-0.4, -0.2) is 18.2 Å². The predicted octanol–water partition coefficient (Wildman–Crippen LogP) is 4.44. The third-order valence-electron chi connectivity index (χ3n) is 3.21. The van der Waals surface area contributed by atoms with Gasteiger partial charge in [0.05, 0.1) is 14.4 Å². The van der Waals surface area contributed by atoms with E-state index in [0.717, 1.165) is 37.7 Å². The summed E-state index contributed by atoms with van der Waals surface area (Å²) in [7, 11) is 0. The first-order chi connectivity index (χ1) is 11.0. The zero-order valence-electron chi connectivity index (χ0n) is 13.4. The number of aryl methyl sites for hydroxylation is 2. The first-order valence-corrected chi connectivity index (χ1v) is 8.91. The second-order valence-electron chi connectivity index (χ2n) is 5.11. The fraction of sp³-hybridized carbons (Fsp3) is 0.294. The molecule has 23 heavy (non-hydrogen) atoms. The number of carbonyl (C=O) groups is 1. The topological polar surface area (TPSA) is 50.7 Å². The Bertz CT molecular complexity index is 725. The summed E-state index contributed by atoms with van der Waals surface area (Å²) in [6.07, 6.45) is 0.741. The molecule has 2 aromatic rings. The van der Waals surface area contributed by atoms with Gasteiger partial charge in [-0.05, 0) is 65.5 Å². The van der Waals surface area contributed by atoms with Crippen LogP contribution in [0, 0.1) is 13.8 Å². The number of nitrogens with zero attached hydrogens (tertiary/aromatic N) is 1. The molecule has 0 bridgehead atoms. The lowest BCUT2D eigenvalue weighted by Gasteiger charge is -2.09. The predicted molar refractivity (Wildman–Crippen MR) is 98.4 cm³/mol. The number of carbonyl (C=O) groups excluding carboxylic acids is 1. The second kappa shape index (κ2) is 8.26. The van der Waals surface area contributed by atoms with Gasteiger partial charge in [-0.1, -0.05) is 19.1 Å². The summed E-state index contributed by atoms with van der Waals surface area (Å²) in [6.45, 7) is 5.89. The molecule has 0 aliphatic carbocycles. The van der Waals surface area contributed by atoms with E-state index < -0.39 is 0 Å². The molecular formula is C17H19BrN2O2S. The molecule has 0 aliphatic rings. The van der Waals surface area contributed by atoms with Gasteiger partial charge in [0.2, 0.25) is 0 Å². The number of benzene rings is 1. The number of hydrogen-bond acceptors (Lipinski definition) is 4. The summed E-state index contributed by atoms with van der Waals surface area (Å²) in [5, 5.41) is 4.20. The highest BCUT2D eigenvalue weighted by molar-refractivity contribution is 9.11. The van der Waals surface area contributed by atoms with Gasteiger partial charge in [0.15, 0.2) is 6.61 Å². The lowest BCUT2D eigenvalue weighted by atomic mass is 10.1. The molecule has 6 heteroatoms. The summed E-state index contributed by atoms with van der Waals surface area (Å²) >= 11 is 5.02. The molecule has 0 radical (unpaired) electrons. The average molecular weight is 395 g/mol. The van der Waals surface area contributed by atoms with Crippen LogP contribution >= 0.6 is 27.3 Å². The normalized spacial score (nSPS) is 11.4. The van der Waals surface area contributed by atoms with Gasteiger partial charge in [-0.25, -0.2) is 5.43 Å². The van der Waals surface area contributed by atoms with E-state index in [0.29, 0.717) is 0 Å². The standard InChI is InChI=1S/C17H19BrN2O2S/c1-4-13(15-7-8-16(18)23-15)19-20-17(21)10-22-14-9-11(2)5-6-12(14)3/h5-9H,4,10H2,1-3H3,(H,20,21)/b19-13-. The van der Waals surface area contributed by atoms with E-state index in [1.54, 1.807) is 11.3 Å². The zero-order chi connectivity index (χ0) is 16.8. The minimum Gasteiger partial charge on any atom is -0.483 e. The molecule has 0 unspecified atom stereocenters. The van der Waals surface area contributed by atoms with Crippen molar-refractivity contribution in [2.24, 2.45) is 5.10 Å². The maximum atomic E-state index is 11.9. The number of halogens is 1. The van der Waals surface area contributed by atoms with Crippen molar-refractivity contribution in [3.05, 3.63) is 50.1 Å². The average Bonchev–Trinajstić information content (AvgIpc) is 2.95. The highest BCUT2D eigenvalue weighted by Crippen LogP contribution is 2.23. The van der Waals surface area contributed by atoms with Crippen LogP contribution in [-0.2, 0) is 4.79 Å².